The molecule has 2 aromatic rings. The van der Waals surface area contributed by atoms with E-state index in [9.17, 15) is 5.11 Å². The molecule has 0 saturated heterocycles. The standard InChI is InChI=1S/C11H10O/c1-8-6-9-4-2-3-5-10(9)11(12)7-8/h2-7,12H,1H3. The molecule has 60 valence electrons. The number of benzene rings is 2. The van der Waals surface area contributed by atoms with Crippen LogP contribution in [0.5, 0.6) is 5.75 Å². The highest BCUT2D eigenvalue weighted by atomic mass is 16.3. The molecule has 0 aromatic heterocycles. The van der Waals surface area contributed by atoms with Crippen LogP contribution in [0.25, 0.3) is 10.8 Å². The number of aromatic hydroxyl groups is 1. The summed E-state index contributed by atoms with van der Waals surface area (Å²) in [5.41, 5.74) is 1.09. The molecule has 12 heavy (non-hydrogen) atoms. The van der Waals surface area contributed by atoms with Crippen molar-refractivity contribution in [2.24, 2.45) is 0 Å². The summed E-state index contributed by atoms with van der Waals surface area (Å²) in [5, 5.41) is 11.6. The number of phenols is 1. The second-order valence-electron chi connectivity index (χ2n) is 3.01. The van der Waals surface area contributed by atoms with E-state index in [4.69, 9.17) is 0 Å². The quantitative estimate of drug-likeness (QED) is 0.625. The molecule has 1 nitrogen and oxygen atoms in total. The molecule has 0 unspecified atom stereocenters. The van der Waals surface area contributed by atoms with Crippen LogP contribution in [0.15, 0.2) is 36.4 Å². The maximum atomic E-state index is 9.55. The van der Waals surface area contributed by atoms with Crippen LogP contribution in [0.4, 0.5) is 0 Å². The average Bonchev–Trinajstić information content (AvgIpc) is 2.04. The third-order valence-electron chi connectivity index (χ3n) is 1.98. The minimum absolute atomic E-state index is 0.366. The molecule has 2 aromatic carbocycles. The van der Waals surface area contributed by atoms with Crippen LogP contribution in [0.3, 0.4) is 0 Å². The largest absolute Gasteiger partial charge is 0.507 e. The van der Waals surface area contributed by atoms with Gasteiger partial charge in [0.2, 0.25) is 0 Å². The van der Waals surface area contributed by atoms with Crippen molar-refractivity contribution in [1.29, 1.82) is 0 Å². The summed E-state index contributed by atoms with van der Waals surface area (Å²) in [6, 6.07) is 11.7. The van der Waals surface area contributed by atoms with E-state index in [-0.39, 0.29) is 0 Å². The van der Waals surface area contributed by atoms with E-state index in [1.165, 1.54) is 0 Å². The molecule has 1 heteroatoms. The molecule has 0 fully saturated rings. The second kappa shape index (κ2) is 2.52. The predicted molar refractivity (Wildman–Crippen MR) is 50.3 cm³/mol. The first-order valence-corrected chi connectivity index (χ1v) is 3.96. The summed E-state index contributed by atoms with van der Waals surface area (Å²) < 4.78 is 0. The zero-order valence-corrected chi connectivity index (χ0v) is 6.91. The van der Waals surface area contributed by atoms with Gasteiger partial charge < -0.3 is 5.11 Å². The highest BCUT2D eigenvalue weighted by molar-refractivity contribution is 5.88. The van der Waals surface area contributed by atoms with Crippen LogP contribution in [-0.4, -0.2) is 5.11 Å². The van der Waals surface area contributed by atoms with Gasteiger partial charge in [0.1, 0.15) is 5.75 Å². The Balaban J connectivity index is 2.89. The van der Waals surface area contributed by atoms with Crippen LogP contribution in [-0.2, 0) is 0 Å². The van der Waals surface area contributed by atoms with Gasteiger partial charge in [-0.1, -0.05) is 30.3 Å². The number of hydrogen-bond acceptors (Lipinski definition) is 1. The van der Waals surface area contributed by atoms with Crippen molar-refractivity contribution in [2.75, 3.05) is 0 Å². The van der Waals surface area contributed by atoms with E-state index in [0.29, 0.717) is 5.75 Å². The van der Waals surface area contributed by atoms with E-state index >= 15 is 0 Å². The lowest BCUT2D eigenvalue weighted by molar-refractivity contribution is 0.481. The molecule has 0 aliphatic rings. The van der Waals surface area contributed by atoms with Crippen molar-refractivity contribution in [2.45, 2.75) is 6.92 Å². The third-order valence-corrected chi connectivity index (χ3v) is 1.98. The van der Waals surface area contributed by atoms with Crippen LogP contribution in [0.2, 0.25) is 0 Å². The lowest BCUT2D eigenvalue weighted by atomic mass is 10.1. The molecule has 0 heterocycles. The molecule has 0 aliphatic heterocycles. The first kappa shape index (κ1) is 7.17. The highest BCUT2D eigenvalue weighted by Crippen LogP contribution is 2.25. The monoisotopic (exact) mass is 158 g/mol. The number of aryl methyl sites for hydroxylation is 1. The Morgan fingerprint density at radius 2 is 1.83 bits per heavy atom. The van der Waals surface area contributed by atoms with Crippen LogP contribution in [0.1, 0.15) is 5.56 Å². The lowest BCUT2D eigenvalue weighted by Crippen LogP contribution is -1.76. The van der Waals surface area contributed by atoms with Crippen molar-refractivity contribution in [1.82, 2.24) is 0 Å². The van der Waals surface area contributed by atoms with Gasteiger partial charge in [0.25, 0.3) is 0 Å². The maximum absolute atomic E-state index is 9.55. The molecule has 0 bridgehead atoms. The fourth-order valence-corrected chi connectivity index (χ4v) is 1.44. The smallest absolute Gasteiger partial charge is 0.123 e. The molecule has 1 N–H and O–H groups in total. The van der Waals surface area contributed by atoms with Crippen molar-refractivity contribution in [3.63, 3.8) is 0 Å². The summed E-state index contributed by atoms with van der Waals surface area (Å²) in [5.74, 6) is 0.366. The third kappa shape index (κ3) is 1.03. The van der Waals surface area contributed by atoms with Crippen LogP contribution >= 0.6 is 0 Å². The summed E-state index contributed by atoms with van der Waals surface area (Å²) in [4.78, 5) is 0. The van der Waals surface area contributed by atoms with Crippen molar-refractivity contribution in [3.8, 4) is 5.75 Å². The van der Waals surface area contributed by atoms with Gasteiger partial charge in [-0.25, -0.2) is 0 Å². The fraction of sp³-hybridized carbons (Fsp3) is 0.0909. The van der Waals surface area contributed by atoms with E-state index < -0.39 is 0 Å². The summed E-state index contributed by atoms with van der Waals surface area (Å²) in [6.07, 6.45) is 0. The van der Waals surface area contributed by atoms with Gasteiger partial charge in [0.05, 0.1) is 0 Å². The number of hydrogen-bond donors (Lipinski definition) is 1. The summed E-state index contributed by atoms with van der Waals surface area (Å²) in [7, 11) is 0. The van der Waals surface area contributed by atoms with Gasteiger partial charge in [0, 0.05) is 5.39 Å². The molecule has 0 amide bonds. The number of rotatable bonds is 0. The molecule has 0 atom stereocenters. The van der Waals surface area contributed by atoms with Gasteiger partial charge in [-0.05, 0) is 23.9 Å². The van der Waals surface area contributed by atoms with Gasteiger partial charge in [0.15, 0.2) is 0 Å². The van der Waals surface area contributed by atoms with Crippen molar-refractivity contribution >= 4 is 10.8 Å². The zero-order chi connectivity index (χ0) is 8.55. The zero-order valence-electron chi connectivity index (χ0n) is 6.91. The van der Waals surface area contributed by atoms with Crippen molar-refractivity contribution in [3.05, 3.63) is 42.0 Å². The summed E-state index contributed by atoms with van der Waals surface area (Å²) in [6.45, 7) is 1.98. The Morgan fingerprint density at radius 1 is 1.08 bits per heavy atom. The average molecular weight is 158 g/mol. The SMILES string of the molecule is Cc1cc(O)c2ccccc2c1. The van der Waals surface area contributed by atoms with Gasteiger partial charge in [-0.2, -0.15) is 0 Å². The van der Waals surface area contributed by atoms with Gasteiger partial charge >= 0.3 is 0 Å². The van der Waals surface area contributed by atoms with Gasteiger partial charge in [-0.3, -0.25) is 0 Å². The maximum Gasteiger partial charge on any atom is 0.123 e. The molecule has 2 rings (SSSR count). The molecular formula is C11H10O. The Labute approximate surface area is 71.3 Å². The topological polar surface area (TPSA) is 20.2 Å². The van der Waals surface area contributed by atoms with Crippen LogP contribution < -0.4 is 0 Å². The molecular weight excluding hydrogens is 148 g/mol. The van der Waals surface area contributed by atoms with Crippen molar-refractivity contribution < 1.29 is 5.11 Å². The normalized spacial score (nSPS) is 10.4. The summed E-state index contributed by atoms with van der Waals surface area (Å²) >= 11 is 0. The van der Waals surface area contributed by atoms with Gasteiger partial charge in [-0.15, -0.1) is 0 Å². The first-order valence-electron chi connectivity index (χ1n) is 3.96. The van der Waals surface area contributed by atoms with Crippen LogP contribution in [0, 0.1) is 6.92 Å². The van der Waals surface area contributed by atoms with E-state index in [1.54, 1.807) is 6.07 Å². The lowest BCUT2D eigenvalue weighted by Gasteiger charge is -2.01. The highest BCUT2D eigenvalue weighted by Gasteiger charge is 1.98. The molecule has 0 radical (unpaired) electrons. The molecule has 0 saturated carbocycles. The molecule has 0 aliphatic carbocycles. The first-order chi connectivity index (χ1) is 5.77. The van der Waals surface area contributed by atoms with E-state index in [1.807, 2.05) is 31.2 Å². The fourth-order valence-electron chi connectivity index (χ4n) is 1.44. The number of fused-ring (bicyclic) bond motifs is 1. The Morgan fingerprint density at radius 3 is 2.67 bits per heavy atom. The minimum atomic E-state index is 0.366. The Kier molecular flexibility index (Phi) is 1.51. The second-order valence-corrected chi connectivity index (χ2v) is 3.01. The number of phenolic OH excluding ortho intramolecular Hbond substituents is 1. The molecule has 0 spiro atoms. The van der Waals surface area contributed by atoms with E-state index in [0.717, 1.165) is 16.3 Å². The Hall–Kier alpha value is -1.50. The predicted octanol–water partition coefficient (Wildman–Crippen LogP) is 2.85. The van der Waals surface area contributed by atoms with E-state index in [2.05, 4.69) is 6.07 Å². The Bertz CT molecular complexity index is 418. The minimum Gasteiger partial charge on any atom is -0.507 e.